The second kappa shape index (κ2) is 3.11. The van der Waals surface area contributed by atoms with Crippen LogP contribution in [0.5, 0.6) is 0 Å². The average Bonchev–Trinajstić information content (AvgIpc) is 1.59. The van der Waals surface area contributed by atoms with Crippen molar-refractivity contribution in [2.24, 2.45) is 0 Å². The van der Waals surface area contributed by atoms with Crippen molar-refractivity contribution in [2.75, 3.05) is 0 Å². The van der Waals surface area contributed by atoms with Crippen LogP contribution in [0.4, 0.5) is 4.79 Å². The fourth-order valence-electron chi connectivity index (χ4n) is 0.363. The van der Waals surface area contributed by atoms with Crippen molar-refractivity contribution in [3.8, 4) is 12.5 Å². The standard InChI is InChI=1S/C7H11NO2/c1-5-8-6(9)10-7(2,3)4/h1H,2-4H3,(H,8,9). The summed E-state index contributed by atoms with van der Waals surface area (Å²) in [6.07, 6.45) is 4.20. The largest absolute Gasteiger partial charge is 0.443 e. The van der Waals surface area contributed by atoms with Crippen LogP contribution in [0.25, 0.3) is 0 Å². The van der Waals surface area contributed by atoms with Crippen LogP contribution in [-0.4, -0.2) is 11.7 Å². The first kappa shape index (κ1) is 8.83. The number of terminal acetylenes is 1. The van der Waals surface area contributed by atoms with Gasteiger partial charge < -0.3 is 4.74 Å². The second-order valence-corrected chi connectivity index (χ2v) is 2.77. The molecule has 0 rings (SSSR count). The molecule has 0 unspecified atom stereocenters. The summed E-state index contributed by atoms with van der Waals surface area (Å²) in [6.45, 7) is 5.30. The number of rotatable bonds is 0. The van der Waals surface area contributed by atoms with E-state index in [1.807, 2.05) is 6.04 Å². The van der Waals surface area contributed by atoms with Crippen LogP contribution < -0.4 is 5.32 Å². The van der Waals surface area contributed by atoms with Gasteiger partial charge in [-0.1, -0.05) is 6.42 Å². The Labute approximate surface area is 60.8 Å². The van der Waals surface area contributed by atoms with E-state index < -0.39 is 11.7 Å². The van der Waals surface area contributed by atoms with Crippen molar-refractivity contribution in [2.45, 2.75) is 26.4 Å². The number of nitrogens with one attached hydrogen (secondary N) is 1. The van der Waals surface area contributed by atoms with E-state index in [1.165, 1.54) is 0 Å². The lowest BCUT2D eigenvalue weighted by atomic mass is 10.2. The van der Waals surface area contributed by atoms with Gasteiger partial charge in [0.15, 0.2) is 0 Å². The smallest absolute Gasteiger partial charge is 0.419 e. The Morgan fingerprint density at radius 2 is 2.10 bits per heavy atom. The summed E-state index contributed by atoms with van der Waals surface area (Å²) in [5, 5.41) is 2.07. The first-order valence-corrected chi connectivity index (χ1v) is 2.90. The van der Waals surface area contributed by atoms with Crippen molar-refractivity contribution < 1.29 is 9.53 Å². The van der Waals surface area contributed by atoms with Gasteiger partial charge in [-0.05, 0) is 20.8 Å². The van der Waals surface area contributed by atoms with E-state index in [0.29, 0.717) is 0 Å². The molecule has 3 nitrogen and oxygen atoms in total. The fourth-order valence-corrected chi connectivity index (χ4v) is 0.363. The number of hydrogen-bond donors (Lipinski definition) is 1. The van der Waals surface area contributed by atoms with Crippen molar-refractivity contribution >= 4 is 6.09 Å². The van der Waals surface area contributed by atoms with E-state index in [2.05, 4.69) is 5.32 Å². The molecule has 0 heterocycles. The number of carbonyl (C=O) groups is 1. The molecule has 0 aliphatic carbocycles. The average molecular weight is 141 g/mol. The molecule has 0 saturated carbocycles. The Morgan fingerprint density at radius 1 is 1.60 bits per heavy atom. The molecule has 0 atom stereocenters. The minimum absolute atomic E-state index is 0.485. The van der Waals surface area contributed by atoms with E-state index in [-0.39, 0.29) is 0 Å². The zero-order valence-corrected chi connectivity index (χ0v) is 6.39. The van der Waals surface area contributed by atoms with E-state index in [0.717, 1.165) is 0 Å². The zero-order valence-electron chi connectivity index (χ0n) is 6.39. The van der Waals surface area contributed by atoms with Crippen molar-refractivity contribution in [1.82, 2.24) is 5.32 Å². The summed E-state index contributed by atoms with van der Waals surface area (Å²) in [7, 11) is 0. The number of alkyl carbamates (subject to hydrolysis) is 1. The molecule has 0 bridgehead atoms. The molecule has 0 fully saturated rings. The van der Waals surface area contributed by atoms with Crippen LogP contribution >= 0.6 is 0 Å². The molecule has 3 heteroatoms. The molecule has 0 spiro atoms. The maximum atomic E-state index is 10.6. The summed E-state index contributed by atoms with van der Waals surface area (Å²) in [6, 6.07) is 1.97. The lowest BCUT2D eigenvalue weighted by Gasteiger charge is -2.18. The van der Waals surface area contributed by atoms with Gasteiger partial charge in [-0.2, -0.15) is 0 Å². The molecule has 0 aromatic carbocycles. The van der Waals surface area contributed by atoms with E-state index >= 15 is 0 Å². The van der Waals surface area contributed by atoms with Gasteiger partial charge in [0.25, 0.3) is 0 Å². The third kappa shape index (κ3) is 4.98. The van der Waals surface area contributed by atoms with Gasteiger partial charge in [-0.25, -0.2) is 10.1 Å². The van der Waals surface area contributed by atoms with Gasteiger partial charge >= 0.3 is 6.09 Å². The fraction of sp³-hybridized carbons (Fsp3) is 0.571. The molecule has 1 N–H and O–H groups in total. The van der Waals surface area contributed by atoms with Gasteiger partial charge in [-0.15, -0.1) is 0 Å². The van der Waals surface area contributed by atoms with Gasteiger partial charge in [0.2, 0.25) is 0 Å². The summed E-state index contributed by atoms with van der Waals surface area (Å²) >= 11 is 0. The third-order valence-electron chi connectivity index (χ3n) is 0.573. The molecular formula is C7H11NO2. The Hall–Kier alpha value is -1.17. The van der Waals surface area contributed by atoms with Gasteiger partial charge in [0, 0.05) is 6.04 Å². The van der Waals surface area contributed by atoms with E-state index in [1.54, 1.807) is 20.8 Å². The highest BCUT2D eigenvalue weighted by molar-refractivity contribution is 5.69. The monoisotopic (exact) mass is 141 g/mol. The number of ether oxygens (including phenoxy) is 1. The van der Waals surface area contributed by atoms with Gasteiger partial charge in [0.05, 0.1) is 0 Å². The Morgan fingerprint density at radius 3 is 2.40 bits per heavy atom. The highest BCUT2D eigenvalue weighted by Crippen LogP contribution is 2.05. The SMILES string of the molecule is C#CNC(=O)OC(C)(C)C. The lowest BCUT2D eigenvalue weighted by molar-refractivity contribution is 0.0558. The molecule has 0 saturated heterocycles. The van der Waals surface area contributed by atoms with Crippen LogP contribution in [0.1, 0.15) is 20.8 Å². The van der Waals surface area contributed by atoms with Crippen molar-refractivity contribution in [1.29, 1.82) is 0 Å². The number of carbonyl (C=O) groups excluding carboxylic acids is 1. The predicted octanol–water partition coefficient (Wildman–Crippen LogP) is 1.10. The maximum absolute atomic E-state index is 10.6. The second-order valence-electron chi connectivity index (χ2n) is 2.77. The molecule has 0 aromatic heterocycles. The van der Waals surface area contributed by atoms with Crippen LogP contribution in [0.15, 0.2) is 0 Å². The van der Waals surface area contributed by atoms with Crippen molar-refractivity contribution in [3.63, 3.8) is 0 Å². The first-order chi connectivity index (χ1) is 4.45. The molecule has 10 heavy (non-hydrogen) atoms. The minimum Gasteiger partial charge on any atom is -0.443 e. The molecule has 56 valence electrons. The van der Waals surface area contributed by atoms with Crippen LogP contribution in [0, 0.1) is 12.5 Å². The minimum atomic E-state index is -0.588. The zero-order chi connectivity index (χ0) is 8.20. The number of hydrogen-bond acceptors (Lipinski definition) is 2. The highest BCUT2D eigenvalue weighted by Gasteiger charge is 2.14. The van der Waals surface area contributed by atoms with Gasteiger partial charge in [-0.3, -0.25) is 0 Å². The first-order valence-electron chi connectivity index (χ1n) is 2.90. The summed E-state index contributed by atoms with van der Waals surface area (Å²) < 4.78 is 4.79. The maximum Gasteiger partial charge on any atom is 0.419 e. The molecule has 0 aromatic rings. The molecule has 0 aliphatic rings. The quantitative estimate of drug-likeness (QED) is 0.405. The summed E-state index contributed by atoms with van der Waals surface area (Å²) in [5.41, 5.74) is -0.485. The third-order valence-corrected chi connectivity index (χ3v) is 0.573. The van der Waals surface area contributed by atoms with E-state index in [9.17, 15) is 4.79 Å². The normalized spacial score (nSPS) is 9.80. The van der Waals surface area contributed by atoms with Crippen molar-refractivity contribution in [3.05, 3.63) is 0 Å². The molecule has 0 radical (unpaired) electrons. The summed E-state index contributed by atoms with van der Waals surface area (Å²) in [4.78, 5) is 10.6. The van der Waals surface area contributed by atoms with Crippen LogP contribution in [0.3, 0.4) is 0 Å². The molecular weight excluding hydrogens is 130 g/mol. The van der Waals surface area contributed by atoms with E-state index in [4.69, 9.17) is 11.2 Å². The molecule has 1 amide bonds. The highest BCUT2D eigenvalue weighted by atomic mass is 16.6. The lowest BCUT2D eigenvalue weighted by Crippen LogP contribution is -2.29. The Bertz CT molecular complexity index is 161. The predicted molar refractivity (Wildman–Crippen MR) is 38.2 cm³/mol. The summed E-state index contributed by atoms with van der Waals surface area (Å²) in [5.74, 6) is 0. The number of amides is 1. The topological polar surface area (TPSA) is 38.3 Å². The Kier molecular flexibility index (Phi) is 2.75. The Balaban J connectivity index is 3.72. The van der Waals surface area contributed by atoms with Gasteiger partial charge in [0.1, 0.15) is 5.60 Å². The van der Waals surface area contributed by atoms with Crippen LogP contribution in [0.2, 0.25) is 0 Å². The van der Waals surface area contributed by atoms with Crippen LogP contribution in [-0.2, 0) is 4.74 Å². The molecule has 0 aliphatic heterocycles.